The number of aryl methyl sites for hydroxylation is 1. The molecule has 0 N–H and O–H groups in total. The quantitative estimate of drug-likeness (QED) is 0.848. The second-order valence-electron chi connectivity index (χ2n) is 4.62. The van der Waals surface area contributed by atoms with Crippen LogP contribution in [0.5, 0.6) is 0 Å². The van der Waals surface area contributed by atoms with Gasteiger partial charge in [0.2, 0.25) is 0 Å². The fraction of sp³-hybridized carbons (Fsp3) is 0.357. The van der Waals surface area contributed by atoms with Gasteiger partial charge in [-0.15, -0.1) is 0 Å². The second kappa shape index (κ2) is 4.81. The van der Waals surface area contributed by atoms with Crippen LogP contribution in [-0.2, 0) is 6.42 Å². The van der Waals surface area contributed by atoms with E-state index in [1.54, 1.807) is 4.68 Å². The first-order chi connectivity index (χ1) is 9.29. The van der Waals surface area contributed by atoms with Crippen LogP contribution in [0.3, 0.4) is 0 Å². The Hall–Kier alpha value is -2.22. The maximum absolute atomic E-state index is 14.0. The number of hydrogen-bond donors (Lipinski definition) is 0. The molecule has 0 spiro atoms. The number of benzene rings is 1. The molecule has 5 heteroatoms. The minimum absolute atomic E-state index is 0.0884. The first-order valence-corrected chi connectivity index (χ1v) is 6.31. The summed E-state index contributed by atoms with van der Waals surface area (Å²) in [7, 11) is 0. The van der Waals surface area contributed by atoms with E-state index in [9.17, 15) is 4.39 Å². The molecule has 0 aliphatic carbocycles. The first kappa shape index (κ1) is 11.8. The number of nitrogens with zero attached hydrogens (tertiary/aromatic N) is 4. The van der Waals surface area contributed by atoms with E-state index in [0.29, 0.717) is 30.9 Å². The summed E-state index contributed by atoms with van der Waals surface area (Å²) < 4.78 is 15.7. The highest BCUT2D eigenvalue weighted by atomic mass is 19.1. The summed E-state index contributed by atoms with van der Waals surface area (Å²) in [5, 5.41) is 12.9. The second-order valence-corrected chi connectivity index (χ2v) is 4.62. The van der Waals surface area contributed by atoms with E-state index in [-0.39, 0.29) is 6.04 Å². The molecule has 0 bridgehead atoms. The van der Waals surface area contributed by atoms with Crippen molar-refractivity contribution in [1.29, 1.82) is 5.26 Å². The van der Waals surface area contributed by atoms with Crippen molar-refractivity contribution in [2.45, 2.75) is 31.5 Å². The molecule has 1 aromatic heterocycles. The largest absolute Gasteiger partial charge is 0.239 e. The molecule has 4 nitrogen and oxygen atoms in total. The minimum Gasteiger partial charge on any atom is -0.239 e. The predicted molar refractivity (Wildman–Crippen MR) is 67.0 cm³/mol. The molecular weight excluding hydrogens is 243 g/mol. The van der Waals surface area contributed by atoms with Crippen LogP contribution in [0.25, 0.3) is 0 Å². The standard InChI is InChI=1S/C14H13FN4/c15-11-9-12(10-5-2-1-3-6-10)19-14(11)17-13(18-19)7-4-8-16/h1-3,5-6,11-12H,4,7,9H2/t11-,12-/m0/s1. The van der Waals surface area contributed by atoms with Gasteiger partial charge in [0.25, 0.3) is 0 Å². The van der Waals surface area contributed by atoms with Gasteiger partial charge in [-0.1, -0.05) is 30.3 Å². The fourth-order valence-corrected chi connectivity index (χ4v) is 2.45. The summed E-state index contributed by atoms with van der Waals surface area (Å²) in [6, 6.07) is 11.7. The summed E-state index contributed by atoms with van der Waals surface area (Å²) in [6.45, 7) is 0. The van der Waals surface area contributed by atoms with Gasteiger partial charge in [0.05, 0.1) is 12.1 Å². The maximum Gasteiger partial charge on any atom is 0.162 e. The average Bonchev–Trinajstić information content (AvgIpc) is 2.98. The summed E-state index contributed by atoms with van der Waals surface area (Å²) in [5.74, 6) is 0.946. The van der Waals surface area contributed by atoms with Gasteiger partial charge in [-0.05, 0) is 5.56 Å². The third kappa shape index (κ3) is 2.10. The van der Waals surface area contributed by atoms with Crippen molar-refractivity contribution < 1.29 is 4.39 Å². The Balaban J connectivity index is 1.93. The number of nitriles is 1. The molecule has 0 fully saturated rings. The number of halogens is 1. The third-order valence-corrected chi connectivity index (χ3v) is 3.35. The van der Waals surface area contributed by atoms with Gasteiger partial charge in [-0.25, -0.2) is 14.1 Å². The van der Waals surface area contributed by atoms with Gasteiger partial charge in [-0.2, -0.15) is 10.4 Å². The van der Waals surface area contributed by atoms with Crippen LogP contribution in [0.4, 0.5) is 4.39 Å². The number of hydrogen-bond acceptors (Lipinski definition) is 3. The molecule has 1 aliphatic heterocycles. The van der Waals surface area contributed by atoms with Crippen molar-refractivity contribution in [1.82, 2.24) is 14.8 Å². The Bertz CT molecular complexity index is 614. The molecule has 19 heavy (non-hydrogen) atoms. The lowest BCUT2D eigenvalue weighted by Gasteiger charge is -2.11. The highest BCUT2D eigenvalue weighted by Crippen LogP contribution is 2.39. The zero-order valence-electron chi connectivity index (χ0n) is 10.3. The summed E-state index contributed by atoms with van der Waals surface area (Å²) in [5.41, 5.74) is 1.04. The molecule has 3 rings (SSSR count). The summed E-state index contributed by atoms with van der Waals surface area (Å²) in [4.78, 5) is 4.21. The van der Waals surface area contributed by atoms with E-state index in [2.05, 4.69) is 16.2 Å². The first-order valence-electron chi connectivity index (χ1n) is 6.31. The Morgan fingerprint density at radius 2 is 2.16 bits per heavy atom. The van der Waals surface area contributed by atoms with Gasteiger partial charge in [0.15, 0.2) is 17.8 Å². The number of rotatable bonds is 3. The van der Waals surface area contributed by atoms with Gasteiger partial charge < -0.3 is 0 Å². The highest BCUT2D eigenvalue weighted by Gasteiger charge is 2.35. The van der Waals surface area contributed by atoms with Crippen molar-refractivity contribution in [3.63, 3.8) is 0 Å². The van der Waals surface area contributed by atoms with Crippen LogP contribution >= 0.6 is 0 Å². The normalized spacial score (nSPS) is 21.1. The van der Waals surface area contributed by atoms with E-state index in [1.165, 1.54) is 0 Å². The molecule has 0 saturated carbocycles. The zero-order chi connectivity index (χ0) is 13.2. The lowest BCUT2D eigenvalue weighted by Crippen LogP contribution is -2.07. The van der Waals surface area contributed by atoms with Crippen molar-refractivity contribution in [2.24, 2.45) is 0 Å². The molecular formula is C14H13FN4. The fourth-order valence-electron chi connectivity index (χ4n) is 2.45. The van der Waals surface area contributed by atoms with Crippen LogP contribution < -0.4 is 0 Å². The molecule has 0 unspecified atom stereocenters. The molecule has 2 atom stereocenters. The molecule has 0 saturated heterocycles. The predicted octanol–water partition coefficient (Wildman–Crippen LogP) is 2.74. The van der Waals surface area contributed by atoms with E-state index in [1.807, 2.05) is 30.3 Å². The van der Waals surface area contributed by atoms with Crippen LogP contribution in [0.1, 0.15) is 42.3 Å². The summed E-state index contributed by atoms with van der Waals surface area (Å²) in [6.07, 6.45) is 0.146. The molecule has 0 amide bonds. The lowest BCUT2D eigenvalue weighted by atomic mass is 10.0. The van der Waals surface area contributed by atoms with Crippen LogP contribution in [-0.4, -0.2) is 14.8 Å². The van der Waals surface area contributed by atoms with Crippen molar-refractivity contribution in [3.8, 4) is 6.07 Å². The number of alkyl halides is 1. The van der Waals surface area contributed by atoms with E-state index in [0.717, 1.165) is 5.56 Å². The Morgan fingerprint density at radius 1 is 1.37 bits per heavy atom. The van der Waals surface area contributed by atoms with Crippen LogP contribution in [0.15, 0.2) is 30.3 Å². The number of fused-ring (bicyclic) bond motifs is 1. The van der Waals surface area contributed by atoms with Crippen LogP contribution in [0.2, 0.25) is 0 Å². The molecule has 2 aromatic rings. The van der Waals surface area contributed by atoms with Crippen molar-refractivity contribution in [2.75, 3.05) is 0 Å². The molecule has 96 valence electrons. The van der Waals surface area contributed by atoms with Gasteiger partial charge in [0, 0.05) is 19.3 Å². The third-order valence-electron chi connectivity index (χ3n) is 3.35. The highest BCUT2D eigenvalue weighted by molar-refractivity contribution is 5.23. The van der Waals surface area contributed by atoms with Gasteiger partial charge >= 0.3 is 0 Å². The Kier molecular flexibility index (Phi) is 3.00. The lowest BCUT2D eigenvalue weighted by molar-refractivity contribution is 0.328. The van der Waals surface area contributed by atoms with E-state index in [4.69, 9.17) is 5.26 Å². The Labute approximate surface area is 110 Å². The SMILES string of the molecule is N#CCCc1nc2n(n1)[C@H](c1ccccc1)C[C@@H]2F. The summed E-state index contributed by atoms with van der Waals surface area (Å²) >= 11 is 0. The van der Waals surface area contributed by atoms with E-state index < -0.39 is 6.17 Å². The van der Waals surface area contributed by atoms with Gasteiger partial charge in [-0.3, -0.25) is 0 Å². The van der Waals surface area contributed by atoms with E-state index >= 15 is 0 Å². The van der Waals surface area contributed by atoms with Crippen molar-refractivity contribution >= 4 is 0 Å². The molecule has 2 heterocycles. The van der Waals surface area contributed by atoms with Crippen LogP contribution in [0, 0.1) is 11.3 Å². The maximum atomic E-state index is 14.0. The van der Waals surface area contributed by atoms with Gasteiger partial charge in [0.1, 0.15) is 0 Å². The Morgan fingerprint density at radius 3 is 2.89 bits per heavy atom. The molecule has 1 aromatic carbocycles. The number of aromatic nitrogens is 3. The van der Waals surface area contributed by atoms with Crippen molar-refractivity contribution in [3.05, 3.63) is 47.5 Å². The topological polar surface area (TPSA) is 54.5 Å². The monoisotopic (exact) mass is 256 g/mol. The molecule has 1 aliphatic rings. The molecule has 0 radical (unpaired) electrons. The average molecular weight is 256 g/mol. The smallest absolute Gasteiger partial charge is 0.162 e. The zero-order valence-corrected chi connectivity index (χ0v) is 10.3. The minimum atomic E-state index is -1.08.